The number of hydrogen-bond acceptors (Lipinski definition) is 7. The van der Waals surface area contributed by atoms with Gasteiger partial charge in [-0.25, -0.2) is 4.57 Å². The number of likely N-dealkylation sites (tertiary alicyclic amines) is 1. The summed E-state index contributed by atoms with van der Waals surface area (Å²) in [6, 6.07) is 32.9. The van der Waals surface area contributed by atoms with Crippen LogP contribution in [0.15, 0.2) is 115 Å². The second-order valence-electron chi connectivity index (χ2n) is 10.7. The number of nitrogens with two attached hydrogens (primary N) is 1. The zero-order valence-corrected chi connectivity index (χ0v) is 25.9. The van der Waals surface area contributed by atoms with Crippen molar-refractivity contribution in [2.75, 3.05) is 13.1 Å². The van der Waals surface area contributed by atoms with Crippen LogP contribution < -0.4 is 24.8 Å². The third kappa shape index (κ3) is 8.32. The number of hydrogen-bond donors (Lipinski definition) is 2. The minimum absolute atomic E-state index is 0.300. The molecule has 1 fully saturated rings. The van der Waals surface area contributed by atoms with Crippen LogP contribution in [0.1, 0.15) is 42.5 Å². The zero-order valence-electron chi connectivity index (χ0n) is 25.0. The molecule has 0 bridgehead atoms. The van der Waals surface area contributed by atoms with E-state index in [1.54, 1.807) is 77.7 Å². The van der Waals surface area contributed by atoms with Gasteiger partial charge in [-0.3, -0.25) is 9.59 Å². The highest BCUT2D eigenvalue weighted by Gasteiger charge is 2.43. The van der Waals surface area contributed by atoms with Crippen LogP contribution in [0.4, 0.5) is 0 Å². The molecular formula is C35H38N3O6P. The Morgan fingerprint density at radius 2 is 1.36 bits per heavy atom. The van der Waals surface area contributed by atoms with Crippen LogP contribution in [0, 0.1) is 0 Å². The topological polar surface area (TPSA) is 120 Å². The average Bonchev–Trinajstić information content (AvgIpc) is 3.56. The quantitative estimate of drug-likeness (QED) is 0.114. The molecule has 2 amide bonds. The first kappa shape index (κ1) is 31.8. The molecule has 3 N–H and O–H groups in total. The molecule has 4 aromatic carbocycles. The molecule has 1 saturated heterocycles. The van der Waals surface area contributed by atoms with Crippen molar-refractivity contribution in [3.05, 3.63) is 121 Å². The van der Waals surface area contributed by atoms with E-state index in [2.05, 4.69) is 5.32 Å². The van der Waals surface area contributed by atoms with Gasteiger partial charge in [0.1, 0.15) is 29.0 Å². The number of carbonyl (C=O) groups excluding carboxylic acids is 2. The highest BCUT2D eigenvalue weighted by atomic mass is 31.2. The molecule has 1 aliphatic heterocycles. The summed E-state index contributed by atoms with van der Waals surface area (Å²) >= 11 is 0. The van der Waals surface area contributed by atoms with E-state index in [-0.39, 0.29) is 5.91 Å². The fourth-order valence-corrected chi connectivity index (χ4v) is 7.15. The van der Waals surface area contributed by atoms with E-state index in [1.165, 1.54) is 0 Å². The van der Waals surface area contributed by atoms with Crippen LogP contribution in [0.3, 0.4) is 0 Å². The second-order valence-corrected chi connectivity index (χ2v) is 12.8. The van der Waals surface area contributed by atoms with Crippen LogP contribution in [-0.2, 0) is 9.36 Å². The van der Waals surface area contributed by atoms with E-state index in [0.717, 1.165) is 0 Å². The summed E-state index contributed by atoms with van der Waals surface area (Å²) in [6.07, 6.45) is 2.64. The summed E-state index contributed by atoms with van der Waals surface area (Å²) in [6.45, 7) is 0.840. The Labute approximate surface area is 263 Å². The smallest absolute Gasteiger partial charge is 0.452 e. The molecule has 1 aliphatic rings. The van der Waals surface area contributed by atoms with Crippen molar-refractivity contribution < 1.29 is 27.9 Å². The maximum Gasteiger partial charge on any atom is 0.452 e. The number of rotatable bonds is 14. The Kier molecular flexibility index (Phi) is 10.9. The van der Waals surface area contributed by atoms with Crippen LogP contribution >= 0.6 is 7.60 Å². The molecule has 2 atom stereocenters. The zero-order chi connectivity index (χ0) is 31.5. The molecule has 234 valence electrons. The Bertz CT molecular complexity index is 1540. The summed E-state index contributed by atoms with van der Waals surface area (Å²) in [5.74, 6) is -0.0391. The molecule has 1 unspecified atom stereocenters. The molecule has 0 aliphatic carbocycles. The van der Waals surface area contributed by atoms with Gasteiger partial charge in [0.25, 0.3) is 5.91 Å². The highest BCUT2D eigenvalue weighted by molar-refractivity contribution is 7.55. The number of nitrogens with one attached hydrogen (secondary N) is 1. The van der Waals surface area contributed by atoms with Gasteiger partial charge in [-0.05, 0) is 87.2 Å². The van der Waals surface area contributed by atoms with Crippen molar-refractivity contribution in [2.45, 2.75) is 43.9 Å². The lowest BCUT2D eigenvalue weighted by Gasteiger charge is -2.31. The van der Waals surface area contributed by atoms with E-state index >= 15 is 0 Å². The van der Waals surface area contributed by atoms with Crippen LogP contribution in [-0.4, -0.2) is 41.6 Å². The van der Waals surface area contributed by atoms with E-state index in [0.29, 0.717) is 73.8 Å². The molecule has 1 heterocycles. The molecular weight excluding hydrogens is 589 g/mol. The summed E-state index contributed by atoms with van der Waals surface area (Å²) in [7, 11) is -4.05. The van der Waals surface area contributed by atoms with Crippen molar-refractivity contribution in [3.63, 3.8) is 0 Å². The van der Waals surface area contributed by atoms with Gasteiger partial charge in [0.15, 0.2) is 5.78 Å². The summed E-state index contributed by atoms with van der Waals surface area (Å²) in [5.41, 5.74) is 6.12. The molecule has 4 aromatic rings. The van der Waals surface area contributed by atoms with Gasteiger partial charge in [0, 0.05) is 6.54 Å². The summed E-state index contributed by atoms with van der Waals surface area (Å²) < 4.78 is 32.8. The van der Waals surface area contributed by atoms with E-state index in [4.69, 9.17) is 19.5 Å². The van der Waals surface area contributed by atoms with E-state index < -0.39 is 25.3 Å². The number of amides is 2. The van der Waals surface area contributed by atoms with Crippen LogP contribution in [0.25, 0.3) is 0 Å². The molecule has 9 nitrogen and oxygen atoms in total. The third-order valence-electron chi connectivity index (χ3n) is 7.48. The van der Waals surface area contributed by atoms with Gasteiger partial charge in [0.05, 0.1) is 5.56 Å². The predicted octanol–water partition coefficient (Wildman–Crippen LogP) is 7.01. The van der Waals surface area contributed by atoms with Crippen molar-refractivity contribution in [1.82, 2.24) is 10.2 Å². The SMILES string of the molecule is NCCCCC(NC(=O)[C@@H]1CCCN1C(=O)c1ccccc1Oc1ccccc1)P(=O)(Oc1ccccc1)Oc1ccccc1. The minimum atomic E-state index is -4.05. The average molecular weight is 628 g/mol. The standard InChI is InChI=1S/C35H38N3O6P/c36-25-13-12-24-33(45(41,43-28-17-6-2-7-18-28)44-29-19-8-3-9-20-29)37-34(39)31-22-14-26-38(31)35(40)30-21-10-11-23-32(30)42-27-15-4-1-5-16-27/h1-11,15-21,23,31,33H,12-14,22,24-26,36H2,(H,37,39)/t31-,33?/m0/s1. The van der Waals surface area contributed by atoms with Crippen molar-refractivity contribution >= 4 is 19.4 Å². The fraction of sp³-hybridized carbons (Fsp3) is 0.257. The highest BCUT2D eigenvalue weighted by Crippen LogP contribution is 2.53. The lowest BCUT2D eigenvalue weighted by molar-refractivity contribution is -0.125. The summed E-state index contributed by atoms with van der Waals surface area (Å²) in [5, 5.41) is 2.97. The normalized spacial score (nSPS) is 15.2. The van der Waals surface area contributed by atoms with Crippen LogP contribution in [0.2, 0.25) is 0 Å². The maximum absolute atomic E-state index is 14.7. The molecule has 45 heavy (non-hydrogen) atoms. The molecule has 10 heteroatoms. The Morgan fingerprint density at radius 3 is 1.96 bits per heavy atom. The maximum atomic E-state index is 14.7. The van der Waals surface area contributed by atoms with Gasteiger partial charge in [0.2, 0.25) is 5.91 Å². The number of ether oxygens (including phenoxy) is 1. The third-order valence-corrected chi connectivity index (χ3v) is 9.56. The Hall–Kier alpha value is -4.59. The van der Waals surface area contributed by atoms with Gasteiger partial charge in [-0.2, -0.15) is 0 Å². The molecule has 5 rings (SSSR count). The monoisotopic (exact) mass is 627 g/mol. The molecule has 0 radical (unpaired) electrons. The molecule has 0 spiro atoms. The largest absolute Gasteiger partial charge is 0.457 e. The lowest BCUT2D eigenvalue weighted by Crippen LogP contribution is -2.49. The molecule has 0 saturated carbocycles. The number of para-hydroxylation sites is 4. The minimum Gasteiger partial charge on any atom is -0.457 e. The lowest BCUT2D eigenvalue weighted by atomic mass is 10.1. The van der Waals surface area contributed by atoms with Crippen molar-refractivity contribution in [1.29, 1.82) is 0 Å². The van der Waals surface area contributed by atoms with E-state index in [9.17, 15) is 14.2 Å². The van der Waals surface area contributed by atoms with Gasteiger partial charge in [-0.15, -0.1) is 0 Å². The first-order chi connectivity index (χ1) is 22.0. The second kappa shape index (κ2) is 15.4. The number of carbonyl (C=O) groups is 2. The number of benzene rings is 4. The number of unbranched alkanes of at least 4 members (excludes halogenated alkanes) is 1. The van der Waals surface area contributed by atoms with Crippen LogP contribution in [0.5, 0.6) is 23.0 Å². The first-order valence-electron chi connectivity index (χ1n) is 15.2. The van der Waals surface area contributed by atoms with Gasteiger partial charge >= 0.3 is 7.60 Å². The fourth-order valence-electron chi connectivity index (χ4n) is 5.24. The number of nitrogens with zero attached hydrogens (tertiary/aromatic N) is 1. The van der Waals surface area contributed by atoms with E-state index in [1.807, 2.05) is 42.5 Å². The Morgan fingerprint density at radius 1 is 0.800 bits per heavy atom. The summed E-state index contributed by atoms with van der Waals surface area (Å²) in [4.78, 5) is 29.4. The van der Waals surface area contributed by atoms with Gasteiger partial charge < -0.3 is 29.7 Å². The van der Waals surface area contributed by atoms with Gasteiger partial charge in [-0.1, -0.05) is 66.7 Å². The molecule has 0 aromatic heterocycles. The Balaban J connectivity index is 1.39. The van der Waals surface area contributed by atoms with Crippen molar-refractivity contribution in [2.24, 2.45) is 5.73 Å². The van der Waals surface area contributed by atoms with Crippen molar-refractivity contribution in [3.8, 4) is 23.0 Å². The predicted molar refractivity (Wildman–Crippen MR) is 174 cm³/mol. The first-order valence-corrected chi connectivity index (χ1v) is 16.8.